The number of carbonyl (C=O) groups excluding carboxylic acids is 2. The molecule has 0 aliphatic heterocycles. The number of unbranched alkanes of at least 4 members (excludes halogenated alkanes) is 1. The molecule has 2 amide bonds. The predicted molar refractivity (Wildman–Crippen MR) is 108 cm³/mol. The second-order valence-electron chi connectivity index (χ2n) is 6.38. The Morgan fingerprint density at radius 2 is 1.85 bits per heavy atom. The van der Waals surface area contributed by atoms with Crippen LogP contribution in [0.1, 0.15) is 47.4 Å². The number of para-hydroxylation sites is 1. The quantitative estimate of drug-likeness (QED) is 0.510. The smallest absolute Gasteiger partial charge is 0.255 e. The van der Waals surface area contributed by atoms with E-state index in [2.05, 4.69) is 24.1 Å². The molecule has 142 valence electrons. The maximum atomic E-state index is 12.6. The Balaban J connectivity index is 2.11. The lowest BCUT2D eigenvalue weighted by atomic mass is 10.1. The molecule has 0 aliphatic rings. The molecule has 0 saturated heterocycles. The van der Waals surface area contributed by atoms with Crippen LogP contribution in [0.5, 0.6) is 5.75 Å². The van der Waals surface area contributed by atoms with E-state index in [-0.39, 0.29) is 11.8 Å². The van der Waals surface area contributed by atoms with Crippen molar-refractivity contribution in [2.45, 2.75) is 26.7 Å². The summed E-state index contributed by atoms with van der Waals surface area (Å²) in [4.78, 5) is 25.0. The van der Waals surface area contributed by atoms with Gasteiger partial charge in [-0.25, -0.2) is 0 Å². The number of rotatable bonds is 9. The molecule has 0 aromatic heterocycles. The van der Waals surface area contributed by atoms with Crippen molar-refractivity contribution in [3.05, 3.63) is 71.8 Å². The van der Waals surface area contributed by atoms with Gasteiger partial charge in [0.05, 0.1) is 11.3 Å². The fraction of sp³-hybridized carbons (Fsp3) is 0.273. The molecule has 0 saturated carbocycles. The van der Waals surface area contributed by atoms with E-state index < -0.39 is 0 Å². The zero-order chi connectivity index (χ0) is 19.6. The minimum absolute atomic E-state index is 0.196. The highest BCUT2D eigenvalue weighted by molar-refractivity contribution is 6.09. The number of benzene rings is 2. The molecule has 0 unspecified atom stereocenters. The molecule has 5 heteroatoms. The molecule has 0 fully saturated rings. The van der Waals surface area contributed by atoms with Gasteiger partial charge in [0.25, 0.3) is 11.8 Å². The summed E-state index contributed by atoms with van der Waals surface area (Å²) in [6.45, 7) is 8.74. The third-order valence-electron chi connectivity index (χ3n) is 3.82. The van der Waals surface area contributed by atoms with Gasteiger partial charge in [0.1, 0.15) is 12.4 Å². The zero-order valence-corrected chi connectivity index (χ0v) is 15.9. The number of amides is 2. The number of carbonyl (C=O) groups is 2. The summed E-state index contributed by atoms with van der Waals surface area (Å²) in [6.07, 6.45) is 1.92. The van der Waals surface area contributed by atoms with Gasteiger partial charge < -0.3 is 15.4 Å². The SMILES string of the molecule is C=C(C)COc1cccc(C(=O)Nc2ccccc2C(=O)NCCCC)c1. The van der Waals surface area contributed by atoms with E-state index >= 15 is 0 Å². The second kappa shape index (κ2) is 10.2. The van der Waals surface area contributed by atoms with E-state index in [9.17, 15) is 9.59 Å². The Bertz CT molecular complexity index is 815. The van der Waals surface area contributed by atoms with Crippen molar-refractivity contribution in [3.63, 3.8) is 0 Å². The van der Waals surface area contributed by atoms with Crippen molar-refractivity contribution in [1.29, 1.82) is 0 Å². The fourth-order valence-corrected chi connectivity index (χ4v) is 2.39. The topological polar surface area (TPSA) is 67.4 Å². The Hall–Kier alpha value is -3.08. The largest absolute Gasteiger partial charge is 0.489 e. The van der Waals surface area contributed by atoms with E-state index in [1.165, 1.54) is 0 Å². The van der Waals surface area contributed by atoms with Crippen LogP contribution in [0, 0.1) is 0 Å². The molecular formula is C22H26N2O3. The van der Waals surface area contributed by atoms with Gasteiger partial charge in [-0.2, -0.15) is 0 Å². The first-order valence-corrected chi connectivity index (χ1v) is 9.07. The second-order valence-corrected chi connectivity index (χ2v) is 6.38. The van der Waals surface area contributed by atoms with Crippen LogP contribution in [-0.2, 0) is 0 Å². The molecule has 2 N–H and O–H groups in total. The van der Waals surface area contributed by atoms with Crippen molar-refractivity contribution < 1.29 is 14.3 Å². The molecule has 2 aromatic carbocycles. The number of hydrogen-bond donors (Lipinski definition) is 2. The average Bonchev–Trinajstić information content (AvgIpc) is 2.67. The minimum Gasteiger partial charge on any atom is -0.489 e. The maximum absolute atomic E-state index is 12.6. The van der Waals surface area contributed by atoms with Gasteiger partial charge in [0.2, 0.25) is 0 Å². The lowest BCUT2D eigenvalue weighted by Gasteiger charge is -2.12. The molecular weight excluding hydrogens is 340 g/mol. The van der Waals surface area contributed by atoms with Gasteiger partial charge in [-0.1, -0.05) is 38.1 Å². The average molecular weight is 366 g/mol. The van der Waals surface area contributed by atoms with Crippen LogP contribution in [0.4, 0.5) is 5.69 Å². The number of anilines is 1. The van der Waals surface area contributed by atoms with Crippen molar-refractivity contribution in [2.24, 2.45) is 0 Å². The normalized spacial score (nSPS) is 10.1. The van der Waals surface area contributed by atoms with Gasteiger partial charge in [0, 0.05) is 12.1 Å². The maximum Gasteiger partial charge on any atom is 0.255 e. The third-order valence-corrected chi connectivity index (χ3v) is 3.82. The molecule has 0 radical (unpaired) electrons. The Labute approximate surface area is 160 Å². The van der Waals surface area contributed by atoms with Gasteiger partial charge >= 0.3 is 0 Å². The summed E-state index contributed by atoms with van der Waals surface area (Å²) >= 11 is 0. The summed E-state index contributed by atoms with van der Waals surface area (Å²) in [5.74, 6) is 0.0960. The standard InChI is InChI=1S/C22H26N2O3/c1-4-5-13-23-22(26)19-11-6-7-12-20(19)24-21(25)17-9-8-10-18(14-17)27-15-16(2)3/h6-12,14H,2,4-5,13,15H2,1,3H3,(H,23,26)(H,24,25). The molecule has 0 bridgehead atoms. The minimum atomic E-state index is -0.301. The van der Waals surface area contributed by atoms with Crippen molar-refractivity contribution in [1.82, 2.24) is 5.32 Å². The fourth-order valence-electron chi connectivity index (χ4n) is 2.39. The Morgan fingerprint density at radius 1 is 1.07 bits per heavy atom. The molecule has 0 heterocycles. The summed E-state index contributed by atoms with van der Waals surface area (Å²) < 4.78 is 5.58. The lowest BCUT2D eigenvalue weighted by Crippen LogP contribution is -2.26. The lowest BCUT2D eigenvalue weighted by molar-refractivity contribution is 0.0954. The number of nitrogens with one attached hydrogen (secondary N) is 2. The Morgan fingerprint density at radius 3 is 2.59 bits per heavy atom. The molecule has 5 nitrogen and oxygen atoms in total. The highest BCUT2D eigenvalue weighted by atomic mass is 16.5. The third kappa shape index (κ3) is 6.29. The first kappa shape index (κ1) is 20.2. The first-order chi connectivity index (χ1) is 13.0. The van der Waals surface area contributed by atoms with Crippen molar-refractivity contribution in [2.75, 3.05) is 18.5 Å². The van der Waals surface area contributed by atoms with E-state index in [0.29, 0.717) is 35.7 Å². The van der Waals surface area contributed by atoms with Crippen molar-refractivity contribution in [3.8, 4) is 5.75 Å². The van der Waals surface area contributed by atoms with Crippen LogP contribution >= 0.6 is 0 Å². The molecule has 0 spiro atoms. The van der Waals surface area contributed by atoms with E-state index in [0.717, 1.165) is 18.4 Å². The summed E-state index contributed by atoms with van der Waals surface area (Å²) in [7, 11) is 0. The highest BCUT2D eigenvalue weighted by Gasteiger charge is 2.14. The summed E-state index contributed by atoms with van der Waals surface area (Å²) in [5.41, 5.74) is 2.27. The molecule has 0 aliphatic carbocycles. The van der Waals surface area contributed by atoms with Crippen LogP contribution < -0.4 is 15.4 Å². The zero-order valence-electron chi connectivity index (χ0n) is 15.9. The van der Waals surface area contributed by atoms with Crippen LogP contribution in [-0.4, -0.2) is 25.0 Å². The Kier molecular flexibility index (Phi) is 7.62. The predicted octanol–water partition coefficient (Wildman–Crippen LogP) is 4.42. The highest BCUT2D eigenvalue weighted by Crippen LogP contribution is 2.19. The van der Waals surface area contributed by atoms with Crippen LogP contribution in [0.2, 0.25) is 0 Å². The van der Waals surface area contributed by atoms with Gasteiger partial charge in [0.15, 0.2) is 0 Å². The number of ether oxygens (including phenoxy) is 1. The monoisotopic (exact) mass is 366 g/mol. The van der Waals surface area contributed by atoms with Crippen LogP contribution in [0.15, 0.2) is 60.7 Å². The molecule has 27 heavy (non-hydrogen) atoms. The first-order valence-electron chi connectivity index (χ1n) is 9.07. The molecule has 2 aromatic rings. The summed E-state index contributed by atoms with van der Waals surface area (Å²) in [6, 6.07) is 13.9. The van der Waals surface area contributed by atoms with Crippen molar-refractivity contribution >= 4 is 17.5 Å². The number of hydrogen-bond acceptors (Lipinski definition) is 3. The van der Waals surface area contributed by atoms with E-state index in [4.69, 9.17) is 4.74 Å². The molecule has 0 atom stereocenters. The molecule has 2 rings (SSSR count). The van der Waals surface area contributed by atoms with E-state index in [1.54, 1.807) is 48.5 Å². The van der Waals surface area contributed by atoms with E-state index in [1.807, 2.05) is 6.92 Å². The summed E-state index contributed by atoms with van der Waals surface area (Å²) in [5, 5.41) is 5.69. The van der Waals surface area contributed by atoms with Crippen LogP contribution in [0.3, 0.4) is 0 Å². The van der Waals surface area contributed by atoms with Crippen LogP contribution in [0.25, 0.3) is 0 Å². The van der Waals surface area contributed by atoms with Gasteiger partial charge in [-0.05, 0) is 49.2 Å². The van der Waals surface area contributed by atoms with Gasteiger partial charge in [-0.3, -0.25) is 9.59 Å². The van der Waals surface area contributed by atoms with Gasteiger partial charge in [-0.15, -0.1) is 0 Å².